The van der Waals surface area contributed by atoms with Gasteiger partial charge in [-0.05, 0) is 35.4 Å². The lowest BCUT2D eigenvalue weighted by Crippen LogP contribution is -2.44. The van der Waals surface area contributed by atoms with Crippen molar-refractivity contribution in [3.05, 3.63) is 95.6 Å². The molecule has 6 rings (SSSR count). The van der Waals surface area contributed by atoms with E-state index in [4.69, 9.17) is 4.74 Å². The monoisotopic (exact) mass is 479 g/mol. The van der Waals surface area contributed by atoms with Gasteiger partial charge >= 0.3 is 5.97 Å². The van der Waals surface area contributed by atoms with Gasteiger partial charge in [0.15, 0.2) is 5.78 Å². The van der Waals surface area contributed by atoms with E-state index >= 15 is 0 Å². The zero-order valence-corrected chi connectivity index (χ0v) is 19.3. The number of hydrogen-bond acceptors (Lipinski definition) is 7. The molecule has 0 radical (unpaired) electrons. The van der Waals surface area contributed by atoms with Crippen molar-refractivity contribution >= 4 is 35.5 Å². The Bertz CT molecular complexity index is 1430. The summed E-state index contributed by atoms with van der Waals surface area (Å²) in [6.07, 6.45) is 1.68. The van der Waals surface area contributed by atoms with Crippen LogP contribution in [0.4, 0.5) is 5.69 Å². The summed E-state index contributed by atoms with van der Waals surface area (Å²) in [5, 5.41) is 6.21. The molecule has 2 amide bonds. The molecule has 0 spiro atoms. The number of ether oxygens (including phenoxy) is 1. The number of Topliss-reactive ketones (excluding diaryl/α,β-unsaturated/α-hetero) is 1. The van der Waals surface area contributed by atoms with Crippen molar-refractivity contribution in [3.8, 4) is 5.75 Å². The highest BCUT2D eigenvalue weighted by Gasteiger charge is 2.65. The third-order valence-corrected chi connectivity index (χ3v) is 6.98. The number of rotatable bonds is 4. The van der Waals surface area contributed by atoms with Gasteiger partial charge in [0.25, 0.3) is 0 Å². The average molecular weight is 479 g/mol. The van der Waals surface area contributed by atoms with Crippen LogP contribution in [0.1, 0.15) is 34.5 Å². The van der Waals surface area contributed by atoms with Crippen molar-refractivity contribution in [2.24, 2.45) is 16.9 Å². The van der Waals surface area contributed by atoms with Crippen LogP contribution in [0.2, 0.25) is 0 Å². The van der Waals surface area contributed by atoms with E-state index < -0.39 is 35.8 Å². The molecule has 2 fully saturated rings. The van der Waals surface area contributed by atoms with Gasteiger partial charge in [-0.1, -0.05) is 54.6 Å². The van der Waals surface area contributed by atoms with Crippen LogP contribution >= 0.6 is 0 Å². The van der Waals surface area contributed by atoms with Crippen LogP contribution in [-0.4, -0.2) is 40.8 Å². The maximum atomic E-state index is 13.9. The molecule has 0 N–H and O–H groups in total. The topological polar surface area (TPSA) is 96.3 Å². The van der Waals surface area contributed by atoms with Crippen LogP contribution in [0.15, 0.2) is 84.0 Å². The molecule has 3 aromatic rings. The fraction of sp³-hybridized carbons (Fsp3) is 0.179. The number of nitrogens with zero attached hydrogens (tertiary/aromatic N) is 3. The number of carbonyl (C=O) groups is 4. The minimum Gasteiger partial charge on any atom is -0.427 e. The minimum atomic E-state index is -0.922. The zero-order valence-electron chi connectivity index (χ0n) is 19.3. The highest BCUT2D eigenvalue weighted by atomic mass is 16.5. The number of imide groups is 1. The van der Waals surface area contributed by atoms with E-state index in [1.54, 1.807) is 47.6 Å². The lowest BCUT2D eigenvalue weighted by atomic mass is 9.83. The second kappa shape index (κ2) is 8.27. The molecule has 0 aromatic heterocycles. The number of fused-ring (bicyclic) bond motifs is 5. The summed E-state index contributed by atoms with van der Waals surface area (Å²) in [6, 6.07) is 21.1. The van der Waals surface area contributed by atoms with Gasteiger partial charge in [0.05, 0.1) is 29.8 Å². The van der Waals surface area contributed by atoms with E-state index in [1.807, 2.05) is 30.3 Å². The second-order valence-electron chi connectivity index (χ2n) is 9.02. The van der Waals surface area contributed by atoms with Crippen molar-refractivity contribution in [1.29, 1.82) is 0 Å². The van der Waals surface area contributed by atoms with Crippen LogP contribution in [0.25, 0.3) is 0 Å². The van der Waals surface area contributed by atoms with Crippen LogP contribution in [-0.2, 0) is 14.4 Å². The van der Waals surface area contributed by atoms with Crippen LogP contribution < -0.4 is 9.64 Å². The summed E-state index contributed by atoms with van der Waals surface area (Å²) < 4.78 is 5.07. The highest BCUT2D eigenvalue weighted by Crippen LogP contribution is 2.53. The first kappa shape index (κ1) is 21.9. The Hall–Kier alpha value is -4.59. The fourth-order valence-corrected chi connectivity index (χ4v) is 5.53. The van der Waals surface area contributed by atoms with Gasteiger partial charge in [-0.25, -0.2) is 4.90 Å². The standard InChI is InChI=1S/C28H21N3O5/c1-16(32)36-20-13-11-19(12-14-20)30-27(34)22-23(28(30)35)25(26(33)17-7-3-2-4-8-17)31-24(22)21-10-6-5-9-18(21)15-29-31/h2-15,22-25H,1H3/t22-,23+,24+,25-/m1/s1. The number of hydrazone groups is 1. The maximum Gasteiger partial charge on any atom is 0.308 e. The maximum absolute atomic E-state index is 13.9. The quantitative estimate of drug-likeness (QED) is 0.246. The van der Waals surface area contributed by atoms with Crippen LogP contribution in [0.5, 0.6) is 5.75 Å². The van der Waals surface area contributed by atoms with Crippen molar-refractivity contribution in [2.45, 2.75) is 19.0 Å². The number of carbonyl (C=O) groups excluding carboxylic acids is 4. The number of amides is 2. The first-order valence-corrected chi connectivity index (χ1v) is 11.6. The summed E-state index contributed by atoms with van der Waals surface area (Å²) in [5.74, 6) is -2.91. The molecular formula is C28H21N3O5. The molecule has 0 aliphatic carbocycles. The second-order valence-corrected chi connectivity index (χ2v) is 9.02. The highest BCUT2D eigenvalue weighted by molar-refractivity contribution is 6.24. The molecule has 3 aliphatic rings. The molecule has 2 saturated heterocycles. The van der Waals surface area contributed by atoms with Crippen molar-refractivity contribution in [1.82, 2.24) is 5.01 Å². The molecule has 0 bridgehead atoms. The number of anilines is 1. The molecule has 3 aliphatic heterocycles. The van der Waals surface area contributed by atoms with E-state index in [2.05, 4.69) is 5.10 Å². The summed E-state index contributed by atoms with van der Waals surface area (Å²) in [4.78, 5) is 53.9. The number of esters is 1. The van der Waals surface area contributed by atoms with Gasteiger partial charge in [-0.2, -0.15) is 5.10 Å². The summed E-state index contributed by atoms with van der Waals surface area (Å²) >= 11 is 0. The van der Waals surface area contributed by atoms with Gasteiger partial charge in [-0.15, -0.1) is 0 Å². The Morgan fingerprint density at radius 2 is 1.50 bits per heavy atom. The lowest BCUT2D eigenvalue weighted by Gasteiger charge is -2.33. The first-order chi connectivity index (χ1) is 17.5. The SMILES string of the molecule is CC(=O)Oc1ccc(N2C(=O)[C@@H]3[C@H](C2=O)[C@H](C(=O)c2ccccc2)N2N=Cc4ccccc4[C@@H]32)cc1. The molecule has 8 nitrogen and oxygen atoms in total. The molecule has 36 heavy (non-hydrogen) atoms. The van der Waals surface area contributed by atoms with Gasteiger partial charge in [0.1, 0.15) is 11.8 Å². The van der Waals surface area contributed by atoms with Gasteiger partial charge in [0.2, 0.25) is 11.8 Å². The zero-order chi connectivity index (χ0) is 25.0. The molecular weight excluding hydrogens is 458 g/mol. The first-order valence-electron chi connectivity index (χ1n) is 11.6. The molecule has 178 valence electrons. The van der Waals surface area contributed by atoms with E-state index in [1.165, 1.54) is 19.1 Å². The third-order valence-electron chi connectivity index (χ3n) is 6.98. The number of hydrogen-bond donors (Lipinski definition) is 0. The number of benzene rings is 3. The fourth-order valence-electron chi connectivity index (χ4n) is 5.53. The Labute approximate surface area is 206 Å². The summed E-state index contributed by atoms with van der Waals surface area (Å²) in [5.41, 5.74) is 2.54. The normalized spacial score (nSPS) is 23.8. The predicted molar refractivity (Wildman–Crippen MR) is 130 cm³/mol. The van der Waals surface area contributed by atoms with E-state index in [9.17, 15) is 19.2 Å². The van der Waals surface area contributed by atoms with Gasteiger partial charge < -0.3 is 4.74 Å². The molecule has 4 atom stereocenters. The summed E-state index contributed by atoms with van der Waals surface area (Å²) in [7, 11) is 0. The Morgan fingerprint density at radius 1 is 0.833 bits per heavy atom. The molecule has 3 heterocycles. The minimum absolute atomic E-state index is 0.252. The van der Waals surface area contributed by atoms with Crippen LogP contribution in [0.3, 0.4) is 0 Å². The van der Waals surface area contributed by atoms with E-state index in [-0.39, 0.29) is 11.7 Å². The number of ketones is 1. The lowest BCUT2D eigenvalue weighted by molar-refractivity contribution is -0.132. The molecule has 8 heteroatoms. The largest absolute Gasteiger partial charge is 0.427 e. The average Bonchev–Trinajstić information content (AvgIpc) is 3.37. The third kappa shape index (κ3) is 3.25. The van der Waals surface area contributed by atoms with E-state index in [0.29, 0.717) is 17.0 Å². The Balaban J connectivity index is 1.44. The Kier molecular flexibility index (Phi) is 5.03. The predicted octanol–water partition coefficient (Wildman–Crippen LogP) is 3.37. The van der Waals surface area contributed by atoms with Crippen molar-refractivity contribution in [2.75, 3.05) is 4.90 Å². The van der Waals surface area contributed by atoms with E-state index in [0.717, 1.165) is 16.0 Å². The summed E-state index contributed by atoms with van der Waals surface area (Å²) in [6.45, 7) is 1.29. The van der Waals surface area contributed by atoms with Gasteiger partial charge in [0, 0.05) is 12.5 Å². The Morgan fingerprint density at radius 3 is 2.22 bits per heavy atom. The van der Waals surface area contributed by atoms with Gasteiger partial charge in [-0.3, -0.25) is 24.2 Å². The molecule has 0 saturated carbocycles. The van der Waals surface area contributed by atoms with Crippen molar-refractivity contribution in [3.63, 3.8) is 0 Å². The molecule has 0 unspecified atom stereocenters. The smallest absolute Gasteiger partial charge is 0.308 e. The van der Waals surface area contributed by atoms with Crippen molar-refractivity contribution < 1.29 is 23.9 Å². The molecule has 3 aromatic carbocycles. The van der Waals surface area contributed by atoms with Crippen LogP contribution in [0, 0.1) is 11.8 Å².